The molecular weight excluding hydrogens is 244 g/mol. The number of nitrogens with zero attached hydrogens (tertiary/aromatic N) is 1. The van der Waals surface area contributed by atoms with Gasteiger partial charge in [0.2, 0.25) is 5.91 Å². The topological polar surface area (TPSA) is 32.3 Å². The highest BCUT2D eigenvalue weighted by atomic mass is 32.1. The minimum Gasteiger partial charge on any atom is -0.338 e. The van der Waals surface area contributed by atoms with Crippen LogP contribution in [-0.4, -0.2) is 30.4 Å². The summed E-state index contributed by atoms with van der Waals surface area (Å²) in [5, 5.41) is 5.50. The molecule has 0 aliphatic carbocycles. The molecule has 0 bridgehead atoms. The molecule has 3 rings (SSSR count). The van der Waals surface area contributed by atoms with Crippen LogP contribution in [0.2, 0.25) is 0 Å². The maximum Gasteiger partial charge on any atom is 0.223 e. The van der Waals surface area contributed by atoms with Gasteiger partial charge >= 0.3 is 0 Å². The predicted molar refractivity (Wildman–Crippen MR) is 73.7 cm³/mol. The highest BCUT2D eigenvalue weighted by molar-refractivity contribution is 7.10. The first-order valence-corrected chi connectivity index (χ1v) is 7.74. The second-order valence-corrected chi connectivity index (χ2v) is 6.33. The van der Waals surface area contributed by atoms with E-state index in [1.807, 2.05) is 11.3 Å². The van der Waals surface area contributed by atoms with Gasteiger partial charge in [0, 0.05) is 24.4 Å². The summed E-state index contributed by atoms with van der Waals surface area (Å²) in [6, 6.07) is 2.17. The average Bonchev–Trinajstić information content (AvgIpc) is 2.87. The van der Waals surface area contributed by atoms with Gasteiger partial charge in [0.1, 0.15) is 0 Å². The van der Waals surface area contributed by atoms with Crippen LogP contribution in [0.25, 0.3) is 0 Å². The molecule has 2 aliphatic rings. The zero-order valence-electron chi connectivity index (χ0n) is 10.7. The second-order valence-electron chi connectivity index (χ2n) is 5.33. The third-order valence-corrected chi connectivity index (χ3v) is 5.11. The molecule has 98 valence electrons. The van der Waals surface area contributed by atoms with Crippen LogP contribution in [0.15, 0.2) is 11.4 Å². The minimum atomic E-state index is 0.360. The Hall–Kier alpha value is -0.870. The number of rotatable bonds is 2. The molecule has 2 aliphatic heterocycles. The zero-order valence-corrected chi connectivity index (χ0v) is 11.5. The maximum atomic E-state index is 12.3. The van der Waals surface area contributed by atoms with Crippen LogP contribution in [-0.2, 0) is 17.8 Å². The molecule has 0 aromatic carbocycles. The summed E-state index contributed by atoms with van der Waals surface area (Å²) < 4.78 is 0. The monoisotopic (exact) mass is 264 g/mol. The fourth-order valence-corrected chi connectivity index (χ4v) is 3.81. The summed E-state index contributed by atoms with van der Waals surface area (Å²) in [6.07, 6.45) is 4.11. The van der Waals surface area contributed by atoms with Crippen molar-refractivity contribution < 1.29 is 4.79 Å². The molecule has 3 nitrogen and oxygen atoms in total. The molecule has 1 saturated heterocycles. The molecule has 1 amide bonds. The Morgan fingerprint density at radius 3 is 3.11 bits per heavy atom. The van der Waals surface area contributed by atoms with Crippen molar-refractivity contribution >= 4 is 17.2 Å². The van der Waals surface area contributed by atoms with Crippen LogP contribution in [0.3, 0.4) is 0 Å². The second kappa shape index (κ2) is 5.41. The lowest BCUT2D eigenvalue weighted by atomic mass is 9.93. The van der Waals surface area contributed by atoms with Gasteiger partial charge in [0.15, 0.2) is 0 Å². The molecule has 1 fully saturated rings. The Kier molecular flexibility index (Phi) is 3.66. The van der Waals surface area contributed by atoms with E-state index in [9.17, 15) is 4.79 Å². The van der Waals surface area contributed by atoms with Crippen LogP contribution < -0.4 is 5.32 Å². The van der Waals surface area contributed by atoms with Crippen molar-refractivity contribution in [3.8, 4) is 0 Å². The van der Waals surface area contributed by atoms with E-state index in [0.29, 0.717) is 11.8 Å². The summed E-state index contributed by atoms with van der Waals surface area (Å²) in [6.45, 7) is 3.90. The Labute approximate surface area is 112 Å². The number of hydrogen-bond acceptors (Lipinski definition) is 3. The summed E-state index contributed by atoms with van der Waals surface area (Å²) in [4.78, 5) is 15.8. The van der Waals surface area contributed by atoms with Crippen LogP contribution in [0.4, 0.5) is 0 Å². The van der Waals surface area contributed by atoms with E-state index >= 15 is 0 Å². The number of nitrogens with one attached hydrogen (secondary N) is 1. The van der Waals surface area contributed by atoms with Gasteiger partial charge in [-0.15, -0.1) is 11.3 Å². The Morgan fingerprint density at radius 2 is 2.28 bits per heavy atom. The summed E-state index contributed by atoms with van der Waals surface area (Å²) in [7, 11) is 0. The number of thiophene rings is 1. The van der Waals surface area contributed by atoms with Gasteiger partial charge in [-0.1, -0.05) is 0 Å². The summed E-state index contributed by atoms with van der Waals surface area (Å²) in [5.41, 5.74) is 1.37. The van der Waals surface area contributed by atoms with Crippen molar-refractivity contribution in [3.05, 3.63) is 21.9 Å². The van der Waals surface area contributed by atoms with E-state index in [-0.39, 0.29) is 0 Å². The Bertz CT molecular complexity index is 423. The molecule has 4 heteroatoms. The average molecular weight is 264 g/mol. The minimum absolute atomic E-state index is 0.360. The summed E-state index contributed by atoms with van der Waals surface area (Å²) >= 11 is 1.83. The number of carbonyl (C=O) groups excluding carboxylic acids is 1. The highest BCUT2D eigenvalue weighted by Crippen LogP contribution is 2.25. The third-order valence-electron chi connectivity index (χ3n) is 4.08. The first kappa shape index (κ1) is 12.2. The van der Waals surface area contributed by atoms with E-state index in [1.165, 1.54) is 10.4 Å². The number of carbonyl (C=O) groups is 1. The molecule has 1 aromatic rings. The Morgan fingerprint density at radius 1 is 1.44 bits per heavy atom. The number of amides is 1. The van der Waals surface area contributed by atoms with Crippen molar-refractivity contribution in [2.24, 2.45) is 5.92 Å². The molecule has 0 unspecified atom stereocenters. The van der Waals surface area contributed by atoms with Crippen LogP contribution in [0.1, 0.15) is 29.7 Å². The lowest BCUT2D eigenvalue weighted by Gasteiger charge is -2.30. The molecule has 0 radical (unpaired) electrons. The zero-order chi connectivity index (χ0) is 12.4. The highest BCUT2D eigenvalue weighted by Gasteiger charge is 2.24. The quantitative estimate of drug-likeness (QED) is 0.886. The van der Waals surface area contributed by atoms with Gasteiger partial charge in [-0.3, -0.25) is 4.79 Å². The molecule has 0 atom stereocenters. The molecule has 0 spiro atoms. The first-order valence-electron chi connectivity index (χ1n) is 6.86. The van der Waals surface area contributed by atoms with E-state index in [0.717, 1.165) is 51.9 Å². The molecule has 0 saturated carbocycles. The van der Waals surface area contributed by atoms with Crippen LogP contribution in [0.5, 0.6) is 0 Å². The maximum absolute atomic E-state index is 12.3. The van der Waals surface area contributed by atoms with Crippen LogP contribution >= 0.6 is 11.3 Å². The van der Waals surface area contributed by atoms with E-state index < -0.39 is 0 Å². The van der Waals surface area contributed by atoms with Gasteiger partial charge in [-0.25, -0.2) is 0 Å². The van der Waals surface area contributed by atoms with Crippen molar-refractivity contribution in [2.75, 3.05) is 19.6 Å². The van der Waals surface area contributed by atoms with Crippen LogP contribution in [0, 0.1) is 5.92 Å². The van der Waals surface area contributed by atoms with Gasteiger partial charge in [0.05, 0.1) is 0 Å². The third kappa shape index (κ3) is 2.59. The number of hydrogen-bond donors (Lipinski definition) is 1. The van der Waals surface area contributed by atoms with E-state index in [2.05, 4.69) is 21.7 Å². The molecular formula is C14H20N2OS. The fraction of sp³-hybridized carbons (Fsp3) is 0.643. The predicted octanol–water partition coefficient (Wildman–Crippen LogP) is 2.02. The Balaban J connectivity index is 1.57. The van der Waals surface area contributed by atoms with Crippen molar-refractivity contribution in [3.63, 3.8) is 0 Å². The van der Waals surface area contributed by atoms with E-state index in [1.54, 1.807) is 0 Å². The number of fused-ring (bicyclic) bond motifs is 1. The van der Waals surface area contributed by atoms with Crippen molar-refractivity contribution in [1.29, 1.82) is 0 Å². The van der Waals surface area contributed by atoms with E-state index in [4.69, 9.17) is 0 Å². The summed E-state index contributed by atoms with van der Waals surface area (Å²) in [5.74, 6) is 0.960. The first-order chi connectivity index (χ1) is 8.83. The molecule has 18 heavy (non-hydrogen) atoms. The molecule has 1 aromatic heterocycles. The lowest BCUT2D eigenvalue weighted by molar-refractivity contribution is -0.133. The van der Waals surface area contributed by atoms with Gasteiger partial charge in [0.25, 0.3) is 0 Å². The van der Waals surface area contributed by atoms with Gasteiger partial charge in [-0.05, 0) is 55.3 Å². The number of piperidine rings is 1. The normalized spacial score (nSPS) is 20.8. The lowest BCUT2D eigenvalue weighted by Crippen LogP contribution is -2.38. The fourth-order valence-electron chi connectivity index (χ4n) is 2.92. The van der Waals surface area contributed by atoms with Gasteiger partial charge in [-0.2, -0.15) is 0 Å². The van der Waals surface area contributed by atoms with Crippen molar-refractivity contribution in [1.82, 2.24) is 10.2 Å². The van der Waals surface area contributed by atoms with Gasteiger partial charge < -0.3 is 10.2 Å². The van der Waals surface area contributed by atoms with Crippen molar-refractivity contribution in [2.45, 2.75) is 32.2 Å². The standard InChI is InChI=1S/C14H20N2OS/c17-14(9-11-1-5-15-6-2-11)16-7-3-13-12(10-16)4-8-18-13/h4,8,11,15H,1-3,5-7,9-10H2. The molecule has 1 N–H and O–H groups in total. The smallest absolute Gasteiger partial charge is 0.223 e. The largest absolute Gasteiger partial charge is 0.338 e. The SMILES string of the molecule is O=C(CC1CCNCC1)N1CCc2sccc2C1. The molecule has 3 heterocycles.